The van der Waals surface area contributed by atoms with Crippen LogP contribution in [-0.2, 0) is 6.54 Å². The molecule has 1 N–H and O–H groups in total. The Kier molecular flexibility index (Phi) is 8.14. The number of amides is 1. The number of nitrogens with zero attached hydrogens (tertiary/aromatic N) is 3. The summed E-state index contributed by atoms with van der Waals surface area (Å²) in [6.07, 6.45) is 3.07. The first-order chi connectivity index (χ1) is 15.5. The Morgan fingerprint density at radius 2 is 1.88 bits per heavy atom. The van der Waals surface area contributed by atoms with Crippen LogP contribution in [0.3, 0.4) is 0 Å². The molecule has 32 heavy (non-hydrogen) atoms. The zero-order chi connectivity index (χ0) is 23.1. The Hall–Kier alpha value is -3.02. The van der Waals surface area contributed by atoms with Gasteiger partial charge in [-0.15, -0.1) is 0 Å². The molecule has 1 amide bonds. The Morgan fingerprint density at radius 1 is 1.12 bits per heavy atom. The van der Waals surface area contributed by atoms with E-state index < -0.39 is 0 Å². The zero-order valence-electron chi connectivity index (χ0n) is 20.0. The summed E-state index contributed by atoms with van der Waals surface area (Å²) in [5.74, 6) is 2.13. The van der Waals surface area contributed by atoms with Gasteiger partial charge in [-0.25, -0.2) is 4.98 Å². The van der Waals surface area contributed by atoms with E-state index in [0.717, 1.165) is 72.9 Å². The smallest absolute Gasteiger partial charge is 0.253 e. The highest BCUT2D eigenvalue weighted by Crippen LogP contribution is 2.26. The molecule has 172 valence electrons. The number of benzene rings is 2. The maximum atomic E-state index is 13.3. The summed E-state index contributed by atoms with van der Waals surface area (Å²) in [4.78, 5) is 20.1. The third kappa shape index (κ3) is 5.61. The number of methoxy groups -OCH3 is 1. The number of aromatic nitrogens is 2. The van der Waals surface area contributed by atoms with Crippen LogP contribution in [0.4, 0.5) is 11.6 Å². The van der Waals surface area contributed by atoms with Crippen LogP contribution in [-0.4, -0.2) is 40.6 Å². The number of carbonyl (C=O) groups is 1. The lowest BCUT2D eigenvalue weighted by atomic mass is 10.1. The van der Waals surface area contributed by atoms with Gasteiger partial charge in [-0.3, -0.25) is 4.79 Å². The van der Waals surface area contributed by atoms with E-state index in [4.69, 9.17) is 9.72 Å². The van der Waals surface area contributed by atoms with Gasteiger partial charge in [0.1, 0.15) is 5.75 Å². The second-order valence-corrected chi connectivity index (χ2v) is 8.64. The number of anilines is 2. The third-order valence-corrected chi connectivity index (χ3v) is 5.44. The van der Waals surface area contributed by atoms with E-state index in [9.17, 15) is 4.79 Å². The van der Waals surface area contributed by atoms with Crippen molar-refractivity contribution in [3.8, 4) is 5.75 Å². The minimum absolute atomic E-state index is 0.0929. The first-order valence-corrected chi connectivity index (χ1v) is 11.7. The van der Waals surface area contributed by atoms with E-state index in [2.05, 4.69) is 37.6 Å². The second kappa shape index (κ2) is 11.0. The molecule has 0 saturated carbocycles. The number of rotatable bonds is 11. The number of nitrogens with one attached hydrogen (secondary N) is 1. The van der Waals surface area contributed by atoms with Crippen LogP contribution in [0.5, 0.6) is 5.75 Å². The summed E-state index contributed by atoms with van der Waals surface area (Å²) in [6.45, 7) is 11.0. The fourth-order valence-electron chi connectivity index (χ4n) is 3.87. The highest BCUT2D eigenvalue weighted by atomic mass is 16.5. The molecule has 0 aliphatic rings. The molecule has 2 aromatic carbocycles. The first kappa shape index (κ1) is 23.6. The summed E-state index contributed by atoms with van der Waals surface area (Å²) in [5.41, 5.74) is 3.54. The monoisotopic (exact) mass is 436 g/mol. The molecule has 0 radical (unpaired) electrons. The summed E-state index contributed by atoms with van der Waals surface area (Å²) in [7, 11) is 1.66. The molecule has 0 aliphatic heterocycles. The van der Waals surface area contributed by atoms with E-state index in [-0.39, 0.29) is 5.91 Å². The Morgan fingerprint density at radius 3 is 2.50 bits per heavy atom. The van der Waals surface area contributed by atoms with Crippen LogP contribution < -0.4 is 10.1 Å². The lowest BCUT2D eigenvalue weighted by molar-refractivity contribution is 0.0736. The number of imidazole rings is 1. The Balaban J connectivity index is 1.96. The van der Waals surface area contributed by atoms with Gasteiger partial charge < -0.3 is 19.5 Å². The lowest BCUT2D eigenvalue weighted by Gasteiger charge is -2.24. The normalized spacial score (nSPS) is 11.2. The predicted molar refractivity (Wildman–Crippen MR) is 132 cm³/mol. The number of fused-ring (bicyclic) bond motifs is 1. The molecule has 0 saturated heterocycles. The fraction of sp³-hybridized carbons (Fsp3) is 0.462. The van der Waals surface area contributed by atoms with Crippen molar-refractivity contribution in [2.45, 2.75) is 53.5 Å². The SMILES string of the molecule is CCCCn1c(Nc2ccc(OC)cc2)nc2ccc(C(=O)N(CCC)CC(C)C)cc21. The summed E-state index contributed by atoms with van der Waals surface area (Å²) in [6, 6.07) is 13.7. The van der Waals surface area contributed by atoms with Crippen molar-refractivity contribution in [3.63, 3.8) is 0 Å². The number of ether oxygens (including phenoxy) is 1. The molecule has 0 unspecified atom stereocenters. The van der Waals surface area contributed by atoms with Crippen molar-refractivity contribution in [3.05, 3.63) is 48.0 Å². The van der Waals surface area contributed by atoms with Gasteiger partial charge in [0, 0.05) is 30.9 Å². The highest BCUT2D eigenvalue weighted by Gasteiger charge is 2.19. The van der Waals surface area contributed by atoms with Crippen molar-refractivity contribution in [1.29, 1.82) is 0 Å². The quantitative estimate of drug-likeness (QED) is 0.395. The molecule has 0 aliphatic carbocycles. The molecular weight excluding hydrogens is 400 g/mol. The van der Waals surface area contributed by atoms with Gasteiger partial charge >= 0.3 is 0 Å². The van der Waals surface area contributed by atoms with Gasteiger partial charge in [-0.05, 0) is 61.2 Å². The van der Waals surface area contributed by atoms with Crippen LogP contribution in [0.25, 0.3) is 11.0 Å². The zero-order valence-corrected chi connectivity index (χ0v) is 20.0. The summed E-state index contributed by atoms with van der Waals surface area (Å²) in [5, 5.41) is 3.44. The highest BCUT2D eigenvalue weighted by molar-refractivity contribution is 5.98. The summed E-state index contributed by atoms with van der Waals surface area (Å²) >= 11 is 0. The lowest BCUT2D eigenvalue weighted by Crippen LogP contribution is -2.34. The maximum absolute atomic E-state index is 13.3. The predicted octanol–water partition coefficient (Wildman–Crippen LogP) is 6.10. The number of aryl methyl sites for hydroxylation is 1. The molecule has 0 atom stereocenters. The topological polar surface area (TPSA) is 59.4 Å². The second-order valence-electron chi connectivity index (χ2n) is 8.64. The molecule has 1 aromatic heterocycles. The summed E-state index contributed by atoms with van der Waals surface area (Å²) < 4.78 is 7.44. The molecule has 6 heteroatoms. The van der Waals surface area contributed by atoms with Crippen LogP contribution >= 0.6 is 0 Å². The van der Waals surface area contributed by atoms with E-state index in [1.165, 1.54) is 0 Å². The van der Waals surface area contributed by atoms with Crippen molar-refractivity contribution in [2.24, 2.45) is 5.92 Å². The third-order valence-electron chi connectivity index (χ3n) is 5.44. The Bertz CT molecular complexity index is 1020. The van der Waals surface area contributed by atoms with Gasteiger partial charge in [0.05, 0.1) is 18.1 Å². The molecule has 3 aromatic rings. The van der Waals surface area contributed by atoms with Gasteiger partial charge in [0.15, 0.2) is 0 Å². The van der Waals surface area contributed by atoms with Crippen molar-refractivity contribution in [2.75, 3.05) is 25.5 Å². The van der Waals surface area contributed by atoms with E-state index >= 15 is 0 Å². The molecule has 1 heterocycles. The van der Waals surface area contributed by atoms with Gasteiger partial charge in [0.2, 0.25) is 5.95 Å². The van der Waals surface area contributed by atoms with E-state index in [1.807, 2.05) is 47.4 Å². The van der Waals surface area contributed by atoms with Crippen molar-refractivity contribution >= 4 is 28.6 Å². The molecular formula is C26H36N4O2. The molecule has 6 nitrogen and oxygen atoms in total. The van der Waals surface area contributed by atoms with Gasteiger partial charge in [-0.1, -0.05) is 34.1 Å². The van der Waals surface area contributed by atoms with Crippen molar-refractivity contribution in [1.82, 2.24) is 14.5 Å². The standard InChI is InChI=1S/C26H36N4O2/c1-6-8-16-30-24-17-20(25(31)29(15-7-2)18-19(3)4)9-14-23(24)28-26(30)27-21-10-12-22(32-5)13-11-21/h9-14,17,19H,6-8,15-16,18H2,1-5H3,(H,27,28). The average molecular weight is 437 g/mol. The van der Waals surface area contributed by atoms with Gasteiger partial charge in [0.25, 0.3) is 5.91 Å². The largest absolute Gasteiger partial charge is 0.497 e. The number of carbonyl (C=O) groups excluding carboxylic acids is 1. The van der Waals surface area contributed by atoms with E-state index in [0.29, 0.717) is 5.92 Å². The fourth-order valence-corrected chi connectivity index (χ4v) is 3.87. The molecule has 0 fully saturated rings. The van der Waals surface area contributed by atoms with Gasteiger partial charge in [-0.2, -0.15) is 0 Å². The molecule has 0 bridgehead atoms. The van der Waals surface area contributed by atoms with Crippen LogP contribution in [0.1, 0.15) is 57.3 Å². The Labute approximate surface area is 191 Å². The molecule has 0 spiro atoms. The van der Waals surface area contributed by atoms with Crippen LogP contribution in [0.2, 0.25) is 0 Å². The minimum atomic E-state index is 0.0929. The number of hydrogen-bond acceptors (Lipinski definition) is 4. The molecule has 3 rings (SSSR count). The minimum Gasteiger partial charge on any atom is -0.497 e. The van der Waals surface area contributed by atoms with Crippen molar-refractivity contribution < 1.29 is 9.53 Å². The first-order valence-electron chi connectivity index (χ1n) is 11.7. The van der Waals surface area contributed by atoms with Crippen LogP contribution in [0.15, 0.2) is 42.5 Å². The van der Waals surface area contributed by atoms with E-state index in [1.54, 1.807) is 7.11 Å². The maximum Gasteiger partial charge on any atom is 0.253 e. The number of hydrogen-bond donors (Lipinski definition) is 1. The average Bonchev–Trinajstić information content (AvgIpc) is 3.13. The van der Waals surface area contributed by atoms with Crippen LogP contribution in [0, 0.1) is 5.92 Å². The number of unbranched alkanes of at least 4 members (excludes halogenated alkanes) is 1.